The van der Waals surface area contributed by atoms with E-state index in [1.165, 1.54) is 24.0 Å². The zero-order chi connectivity index (χ0) is 9.42. The van der Waals surface area contributed by atoms with Crippen LogP contribution in [0.1, 0.15) is 29.9 Å². The lowest BCUT2D eigenvalue weighted by atomic mass is 10.1. The Bertz CT molecular complexity index is 329. The highest BCUT2D eigenvalue weighted by Crippen LogP contribution is 2.46. The highest BCUT2D eigenvalue weighted by molar-refractivity contribution is 9.10. The molecule has 70 valence electrons. The second kappa shape index (κ2) is 3.33. The molecule has 0 N–H and O–H groups in total. The number of rotatable bonds is 2. The number of halogens is 1. The molecule has 0 radical (unpaired) electrons. The number of methoxy groups -OCH3 is 1. The Kier molecular flexibility index (Phi) is 2.33. The number of aryl methyl sites for hydroxylation is 1. The van der Waals surface area contributed by atoms with Crippen LogP contribution in [0.2, 0.25) is 0 Å². The molecule has 0 aromatic heterocycles. The largest absolute Gasteiger partial charge is 0.496 e. The Morgan fingerprint density at radius 3 is 2.62 bits per heavy atom. The van der Waals surface area contributed by atoms with E-state index in [0.717, 1.165) is 16.1 Å². The molecule has 0 aliphatic heterocycles. The Morgan fingerprint density at radius 1 is 1.38 bits per heavy atom. The van der Waals surface area contributed by atoms with E-state index in [2.05, 4.69) is 35.0 Å². The molecule has 1 aliphatic carbocycles. The summed E-state index contributed by atoms with van der Waals surface area (Å²) in [7, 11) is 1.75. The van der Waals surface area contributed by atoms with Crippen LogP contribution in [-0.4, -0.2) is 7.11 Å². The summed E-state index contributed by atoms with van der Waals surface area (Å²) in [6, 6.07) is 4.29. The van der Waals surface area contributed by atoms with Crippen molar-refractivity contribution < 1.29 is 4.74 Å². The molecule has 1 aromatic carbocycles. The van der Waals surface area contributed by atoms with Crippen molar-refractivity contribution in [2.75, 3.05) is 7.11 Å². The maximum atomic E-state index is 5.41. The summed E-state index contributed by atoms with van der Waals surface area (Å²) >= 11 is 3.52. The molecule has 2 rings (SSSR count). The maximum Gasteiger partial charge on any atom is 0.125 e. The predicted octanol–water partition coefficient (Wildman–Crippen LogP) is 3.64. The Labute approximate surface area is 87.2 Å². The van der Waals surface area contributed by atoms with Gasteiger partial charge >= 0.3 is 0 Å². The first-order valence-electron chi connectivity index (χ1n) is 4.56. The first-order chi connectivity index (χ1) is 6.22. The molecule has 2 heteroatoms. The van der Waals surface area contributed by atoms with Crippen molar-refractivity contribution in [1.29, 1.82) is 0 Å². The summed E-state index contributed by atoms with van der Waals surface area (Å²) in [6.07, 6.45) is 2.62. The van der Waals surface area contributed by atoms with Crippen LogP contribution in [0.4, 0.5) is 0 Å². The molecular weight excluding hydrogens is 228 g/mol. The van der Waals surface area contributed by atoms with Gasteiger partial charge < -0.3 is 4.74 Å². The molecule has 1 fully saturated rings. The number of hydrogen-bond donors (Lipinski definition) is 0. The second-order valence-corrected chi connectivity index (χ2v) is 4.54. The quantitative estimate of drug-likeness (QED) is 0.767. The summed E-state index contributed by atoms with van der Waals surface area (Å²) in [6.45, 7) is 2.09. The van der Waals surface area contributed by atoms with Gasteiger partial charge in [0.1, 0.15) is 5.75 Å². The van der Waals surface area contributed by atoms with Gasteiger partial charge in [0.15, 0.2) is 0 Å². The van der Waals surface area contributed by atoms with Gasteiger partial charge in [-0.15, -0.1) is 0 Å². The van der Waals surface area contributed by atoms with Crippen LogP contribution in [0.25, 0.3) is 0 Å². The van der Waals surface area contributed by atoms with Gasteiger partial charge in [-0.05, 0) is 48.9 Å². The van der Waals surface area contributed by atoms with Crippen molar-refractivity contribution in [2.24, 2.45) is 0 Å². The normalized spacial score (nSPS) is 15.9. The minimum atomic E-state index is 0.742. The number of ether oxygens (including phenoxy) is 1. The topological polar surface area (TPSA) is 9.23 Å². The minimum Gasteiger partial charge on any atom is -0.496 e. The average molecular weight is 241 g/mol. The van der Waals surface area contributed by atoms with Crippen LogP contribution in [0.3, 0.4) is 0 Å². The van der Waals surface area contributed by atoms with Gasteiger partial charge in [-0.25, -0.2) is 0 Å². The zero-order valence-corrected chi connectivity index (χ0v) is 9.52. The van der Waals surface area contributed by atoms with E-state index < -0.39 is 0 Å². The molecule has 1 saturated carbocycles. The summed E-state index contributed by atoms with van der Waals surface area (Å²) in [5.74, 6) is 1.82. The number of benzene rings is 1. The summed E-state index contributed by atoms with van der Waals surface area (Å²) < 4.78 is 6.57. The molecule has 1 nitrogen and oxygen atoms in total. The van der Waals surface area contributed by atoms with Gasteiger partial charge in [0.2, 0.25) is 0 Å². The fourth-order valence-electron chi connectivity index (χ4n) is 1.73. The molecule has 0 amide bonds. The van der Waals surface area contributed by atoms with Gasteiger partial charge in [0, 0.05) is 4.47 Å². The first kappa shape index (κ1) is 9.07. The van der Waals surface area contributed by atoms with Crippen LogP contribution in [0.15, 0.2) is 16.6 Å². The molecule has 1 aromatic rings. The zero-order valence-electron chi connectivity index (χ0n) is 7.93. The van der Waals surface area contributed by atoms with E-state index in [1.807, 2.05) is 0 Å². The molecular formula is C11H13BrO. The van der Waals surface area contributed by atoms with E-state index in [4.69, 9.17) is 4.74 Å². The van der Waals surface area contributed by atoms with Gasteiger partial charge in [0.25, 0.3) is 0 Å². The van der Waals surface area contributed by atoms with Gasteiger partial charge in [-0.3, -0.25) is 0 Å². The lowest BCUT2D eigenvalue weighted by Crippen LogP contribution is -1.93. The standard InChI is InChI=1S/C11H13BrO/c1-7-5-9(12)6-10(8-3-4-8)11(7)13-2/h5-6,8H,3-4H2,1-2H3. The van der Waals surface area contributed by atoms with Crippen LogP contribution >= 0.6 is 15.9 Å². The SMILES string of the molecule is COc1c(C)cc(Br)cc1C1CC1. The average Bonchev–Trinajstić information content (AvgIpc) is 2.85. The van der Waals surface area contributed by atoms with Gasteiger partial charge in [-0.2, -0.15) is 0 Å². The van der Waals surface area contributed by atoms with Crippen LogP contribution in [-0.2, 0) is 0 Å². The van der Waals surface area contributed by atoms with E-state index in [1.54, 1.807) is 7.11 Å². The molecule has 0 saturated heterocycles. The first-order valence-corrected chi connectivity index (χ1v) is 5.35. The second-order valence-electron chi connectivity index (χ2n) is 3.62. The van der Waals surface area contributed by atoms with Gasteiger partial charge in [0.05, 0.1) is 7.11 Å². The van der Waals surface area contributed by atoms with E-state index >= 15 is 0 Å². The van der Waals surface area contributed by atoms with Crippen molar-refractivity contribution in [2.45, 2.75) is 25.7 Å². The highest BCUT2D eigenvalue weighted by atomic mass is 79.9. The summed E-state index contributed by atoms with van der Waals surface area (Å²) in [4.78, 5) is 0. The van der Waals surface area contributed by atoms with Crippen LogP contribution in [0, 0.1) is 6.92 Å². The molecule has 0 heterocycles. The van der Waals surface area contributed by atoms with E-state index in [0.29, 0.717) is 0 Å². The monoisotopic (exact) mass is 240 g/mol. The van der Waals surface area contributed by atoms with Crippen molar-refractivity contribution >= 4 is 15.9 Å². The molecule has 0 bridgehead atoms. The van der Waals surface area contributed by atoms with Crippen LogP contribution < -0.4 is 4.74 Å². The number of hydrogen-bond acceptors (Lipinski definition) is 1. The Morgan fingerprint density at radius 2 is 2.08 bits per heavy atom. The third kappa shape index (κ3) is 1.73. The van der Waals surface area contributed by atoms with Crippen LogP contribution in [0.5, 0.6) is 5.75 Å². The minimum absolute atomic E-state index is 0.742. The third-order valence-electron chi connectivity index (χ3n) is 2.49. The summed E-state index contributed by atoms with van der Waals surface area (Å²) in [5.41, 5.74) is 2.59. The Balaban J connectivity index is 2.50. The third-order valence-corrected chi connectivity index (χ3v) is 2.95. The molecule has 1 aliphatic rings. The molecule has 0 spiro atoms. The van der Waals surface area contributed by atoms with Crippen molar-refractivity contribution in [3.63, 3.8) is 0 Å². The molecule has 0 unspecified atom stereocenters. The van der Waals surface area contributed by atoms with Crippen molar-refractivity contribution in [1.82, 2.24) is 0 Å². The van der Waals surface area contributed by atoms with E-state index in [-0.39, 0.29) is 0 Å². The molecule has 0 atom stereocenters. The lowest BCUT2D eigenvalue weighted by molar-refractivity contribution is 0.406. The fraction of sp³-hybridized carbons (Fsp3) is 0.455. The fourth-order valence-corrected chi connectivity index (χ4v) is 2.32. The Hall–Kier alpha value is -0.500. The van der Waals surface area contributed by atoms with Crippen molar-refractivity contribution in [3.05, 3.63) is 27.7 Å². The van der Waals surface area contributed by atoms with Crippen molar-refractivity contribution in [3.8, 4) is 5.75 Å². The van der Waals surface area contributed by atoms with E-state index in [9.17, 15) is 0 Å². The van der Waals surface area contributed by atoms with Gasteiger partial charge in [-0.1, -0.05) is 15.9 Å². The smallest absolute Gasteiger partial charge is 0.125 e. The maximum absolute atomic E-state index is 5.41. The predicted molar refractivity (Wildman–Crippen MR) is 57.4 cm³/mol. The highest BCUT2D eigenvalue weighted by Gasteiger charge is 2.27. The molecule has 13 heavy (non-hydrogen) atoms. The summed E-state index contributed by atoms with van der Waals surface area (Å²) in [5, 5.41) is 0. The lowest BCUT2D eigenvalue weighted by Gasteiger charge is -2.11.